The third-order valence-electron chi connectivity index (χ3n) is 3.89. The fraction of sp³-hybridized carbons (Fsp3) is 0.375. The Morgan fingerprint density at radius 1 is 1.38 bits per heavy atom. The molecule has 1 atom stereocenters. The number of piperidine rings is 1. The first-order chi connectivity index (χ1) is 10.1. The van der Waals surface area contributed by atoms with Crippen molar-refractivity contribution in [3.63, 3.8) is 0 Å². The number of nitrogens with zero attached hydrogens (tertiary/aromatic N) is 3. The first-order valence-electron chi connectivity index (χ1n) is 7.34. The van der Waals surface area contributed by atoms with Crippen LogP contribution in [0.1, 0.15) is 30.3 Å². The summed E-state index contributed by atoms with van der Waals surface area (Å²) in [7, 11) is 0. The number of hydrogen-bond acceptors (Lipinski definition) is 3. The zero-order valence-electron chi connectivity index (χ0n) is 12.2. The van der Waals surface area contributed by atoms with E-state index in [1.54, 1.807) is 16.9 Å². The molecule has 5 nitrogen and oxygen atoms in total. The Bertz CT molecular complexity index is 649. The lowest BCUT2D eigenvalue weighted by Gasteiger charge is -2.30. The van der Waals surface area contributed by atoms with Crippen LogP contribution in [0.4, 0.5) is 5.69 Å². The van der Waals surface area contributed by atoms with Gasteiger partial charge in [-0.3, -0.25) is 4.79 Å². The van der Waals surface area contributed by atoms with E-state index in [0.717, 1.165) is 25.2 Å². The molecular formula is C16H20N4O. The van der Waals surface area contributed by atoms with Crippen molar-refractivity contribution in [1.29, 1.82) is 0 Å². The van der Waals surface area contributed by atoms with Gasteiger partial charge in [-0.1, -0.05) is 13.0 Å². The van der Waals surface area contributed by atoms with Gasteiger partial charge >= 0.3 is 0 Å². The van der Waals surface area contributed by atoms with Gasteiger partial charge in [0.15, 0.2) is 5.69 Å². The minimum atomic E-state index is 0.0178. The first kappa shape index (κ1) is 13.7. The summed E-state index contributed by atoms with van der Waals surface area (Å²) >= 11 is 0. The Labute approximate surface area is 124 Å². The van der Waals surface area contributed by atoms with Crippen LogP contribution in [-0.2, 0) is 0 Å². The topological polar surface area (TPSA) is 64.2 Å². The summed E-state index contributed by atoms with van der Waals surface area (Å²) in [6, 6.07) is 9.23. The molecule has 3 rings (SSSR count). The molecule has 1 aliphatic rings. The van der Waals surface area contributed by atoms with Crippen molar-refractivity contribution in [1.82, 2.24) is 14.7 Å². The number of nitrogen functional groups attached to an aromatic ring is 1. The zero-order valence-corrected chi connectivity index (χ0v) is 12.2. The van der Waals surface area contributed by atoms with E-state index >= 15 is 0 Å². The molecular weight excluding hydrogens is 264 g/mol. The number of carbonyl (C=O) groups excluding carboxylic acids is 1. The number of nitrogens with two attached hydrogens (primary N) is 1. The van der Waals surface area contributed by atoms with Crippen LogP contribution >= 0.6 is 0 Å². The SMILES string of the molecule is CC1CCCN(C(=O)c2ccn(-c3cccc(N)c3)n2)C1. The lowest BCUT2D eigenvalue weighted by Crippen LogP contribution is -2.39. The molecule has 1 saturated heterocycles. The van der Waals surface area contributed by atoms with E-state index in [0.29, 0.717) is 17.3 Å². The van der Waals surface area contributed by atoms with Crippen molar-refractivity contribution in [2.24, 2.45) is 5.92 Å². The van der Waals surface area contributed by atoms with Gasteiger partial charge in [0.2, 0.25) is 0 Å². The van der Waals surface area contributed by atoms with E-state index < -0.39 is 0 Å². The number of rotatable bonds is 2. The van der Waals surface area contributed by atoms with Crippen molar-refractivity contribution in [3.8, 4) is 5.69 Å². The Morgan fingerprint density at radius 3 is 3.00 bits per heavy atom. The van der Waals surface area contributed by atoms with Crippen LogP contribution in [0.2, 0.25) is 0 Å². The predicted molar refractivity (Wildman–Crippen MR) is 82.3 cm³/mol. The van der Waals surface area contributed by atoms with Gasteiger partial charge in [0.1, 0.15) is 0 Å². The van der Waals surface area contributed by atoms with Gasteiger partial charge in [-0.25, -0.2) is 4.68 Å². The average Bonchev–Trinajstić information content (AvgIpc) is 2.96. The number of likely N-dealkylation sites (tertiary alicyclic amines) is 1. The zero-order chi connectivity index (χ0) is 14.8. The minimum absolute atomic E-state index is 0.0178. The molecule has 0 aliphatic carbocycles. The Kier molecular flexibility index (Phi) is 3.64. The van der Waals surface area contributed by atoms with Crippen molar-refractivity contribution in [2.45, 2.75) is 19.8 Å². The quantitative estimate of drug-likeness (QED) is 0.861. The molecule has 2 heterocycles. The molecule has 1 fully saturated rings. The second-order valence-electron chi connectivity index (χ2n) is 5.74. The maximum Gasteiger partial charge on any atom is 0.274 e. The molecule has 5 heteroatoms. The highest BCUT2D eigenvalue weighted by Gasteiger charge is 2.23. The molecule has 1 aliphatic heterocycles. The van der Waals surface area contributed by atoms with E-state index in [4.69, 9.17) is 5.73 Å². The monoisotopic (exact) mass is 284 g/mol. The molecule has 1 unspecified atom stereocenters. The van der Waals surface area contributed by atoms with Gasteiger partial charge in [0.25, 0.3) is 5.91 Å². The standard InChI is InChI=1S/C16H20N4O/c1-12-4-3-8-19(11-12)16(21)15-7-9-20(18-15)14-6-2-5-13(17)10-14/h2,5-7,9-10,12H,3-4,8,11,17H2,1H3. The highest BCUT2D eigenvalue weighted by atomic mass is 16.2. The molecule has 0 bridgehead atoms. The molecule has 110 valence electrons. The number of carbonyl (C=O) groups is 1. The lowest BCUT2D eigenvalue weighted by molar-refractivity contribution is 0.0676. The van der Waals surface area contributed by atoms with E-state index in [9.17, 15) is 4.79 Å². The van der Waals surface area contributed by atoms with Crippen molar-refractivity contribution < 1.29 is 4.79 Å². The molecule has 0 radical (unpaired) electrons. The third kappa shape index (κ3) is 2.91. The van der Waals surface area contributed by atoms with Gasteiger partial charge in [0, 0.05) is 25.0 Å². The summed E-state index contributed by atoms with van der Waals surface area (Å²) in [5.41, 5.74) is 7.81. The summed E-state index contributed by atoms with van der Waals surface area (Å²) in [6.07, 6.45) is 4.07. The summed E-state index contributed by atoms with van der Waals surface area (Å²) in [5.74, 6) is 0.586. The molecule has 2 aromatic rings. The Hall–Kier alpha value is -2.30. The summed E-state index contributed by atoms with van der Waals surface area (Å²) in [4.78, 5) is 14.4. The summed E-state index contributed by atoms with van der Waals surface area (Å²) in [5, 5.41) is 4.39. The number of hydrogen-bond donors (Lipinski definition) is 1. The molecule has 1 amide bonds. The molecule has 2 N–H and O–H groups in total. The van der Waals surface area contributed by atoms with Crippen molar-refractivity contribution in [2.75, 3.05) is 18.8 Å². The van der Waals surface area contributed by atoms with Gasteiger partial charge in [-0.05, 0) is 43.0 Å². The van der Waals surface area contributed by atoms with Crippen LogP contribution in [0, 0.1) is 5.92 Å². The van der Waals surface area contributed by atoms with Crippen LogP contribution in [-0.4, -0.2) is 33.7 Å². The highest BCUT2D eigenvalue weighted by molar-refractivity contribution is 5.92. The largest absolute Gasteiger partial charge is 0.399 e. The van der Waals surface area contributed by atoms with E-state index in [1.807, 2.05) is 29.2 Å². The molecule has 0 saturated carbocycles. The van der Waals surface area contributed by atoms with E-state index in [1.165, 1.54) is 6.42 Å². The number of amides is 1. The maximum absolute atomic E-state index is 12.5. The fourth-order valence-electron chi connectivity index (χ4n) is 2.78. The van der Waals surface area contributed by atoms with Crippen LogP contribution < -0.4 is 5.73 Å². The maximum atomic E-state index is 12.5. The predicted octanol–water partition coefficient (Wildman–Crippen LogP) is 2.33. The smallest absolute Gasteiger partial charge is 0.274 e. The van der Waals surface area contributed by atoms with Crippen LogP contribution in [0.15, 0.2) is 36.5 Å². The average molecular weight is 284 g/mol. The van der Waals surface area contributed by atoms with Gasteiger partial charge in [-0.15, -0.1) is 0 Å². The van der Waals surface area contributed by atoms with Crippen LogP contribution in [0.3, 0.4) is 0 Å². The second-order valence-corrected chi connectivity index (χ2v) is 5.74. The lowest BCUT2D eigenvalue weighted by atomic mass is 10.0. The first-order valence-corrected chi connectivity index (χ1v) is 7.34. The van der Waals surface area contributed by atoms with Crippen molar-refractivity contribution in [3.05, 3.63) is 42.2 Å². The van der Waals surface area contributed by atoms with Crippen molar-refractivity contribution >= 4 is 11.6 Å². The minimum Gasteiger partial charge on any atom is -0.399 e. The summed E-state index contributed by atoms with van der Waals surface area (Å²) < 4.78 is 1.69. The van der Waals surface area contributed by atoms with E-state index in [-0.39, 0.29) is 5.91 Å². The normalized spacial score (nSPS) is 18.7. The Balaban J connectivity index is 1.80. The second kappa shape index (κ2) is 5.60. The third-order valence-corrected chi connectivity index (χ3v) is 3.89. The molecule has 1 aromatic heterocycles. The summed E-state index contributed by atoms with van der Waals surface area (Å²) in [6.45, 7) is 3.84. The highest BCUT2D eigenvalue weighted by Crippen LogP contribution is 2.18. The fourth-order valence-corrected chi connectivity index (χ4v) is 2.78. The number of benzene rings is 1. The number of aromatic nitrogens is 2. The molecule has 1 aromatic carbocycles. The van der Waals surface area contributed by atoms with Gasteiger partial charge in [0.05, 0.1) is 5.69 Å². The molecule has 21 heavy (non-hydrogen) atoms. The van der Waals surface area contributed by atoms with Crippen LogP contribution in [0.5, 0.6) is 0 Å². The number of anilines is 1. The van der Waals surface area contributed by atoms with Gasteiger partial charge in [-0.2, -0.15) is 5.10 Å². The van der Waals surface area contributed by atoms with Gasteiger partial charge < -0.3 is 10.6 Å². The molecule has 0 spiro atoms. The van der Waals surface area contributed by atoms with E-state index in [2.05, 4.69) is 12.0 Å². The van der Waals surface area contributed by atoms with Crippen LogP contribution in [0.25, 0.3) is 5.69 Å². The Morgan fingerprint density at radius 2 is 2.24 bits per heavy atom.